The molecule has 3 rings (SSSR count). The molecule has 3 heterocycles. The van der Waals surface area contributed by atoms with Gasteiger partial charge < -0.3 is 5.32 Å². The van der Waals surface area contributed by atoms with Gasteiger partial charge in [0, 0.05) is 38.1 Å². The van der Waals surface area contributed by atoms with E-state index in [1.54, 1.807) is 6.20 Å². The van der Waals surface area contributed by atoms with E-state index < -0.39 is 0 Å². The fourth-order valence-corrected chi connectivity index (χ4v) is 2.88. The number of rotatable bonds is 4. The zero-order valence-corrected chi connectivity index (χ0v) is 13.4. The van der Waals surface area contributed by atoms with E-state index in [2.05, 4.69) is 31.2 Å². The Labute approximate surface area is 135 Å². The highest BCUT2D eigenvalue weighted by molar-refractivity contribution is 6.32. The number of pyridine rings is 1. The summed E-state index contributed by atoms with van der Waals surface area (Å²) >= 11 is 6.15. The number of hydrogen-bond acceptors (Lipinski definition) is 5. The molecule has 1 saturated heterocycles. The summed E-state index contributed by atoms with van der Waals surface area (Å²) in [6.45, 7) is 4.97. The molecule has 0 aliphatic carbocycles. The molecule has 6 heteroatoms. The molecule has 1 fully saturated rings. The number of nitrogens with one attached hydrogen (secondary N) is 1. The fraction of sp³-hybridized carbons (Fsp3) is 0.438. The van der Waals surface area contributed by atoms with Crippen LogP contribution in [0.1, 0.15) is 24.2 Å². The number of piperidine rings is 1. The van der Waals surface area contributed by atoms with Gasteiger partial charge in [0.1, 0.15) is 16.7 Å². The summed E-state index contributed by atoms with van der Waals surface area (Å²) in [4.78, 5) is 15.1. The summed E-state index contributed by atoms with van der Waals surface area (Å²) in [5, 5.41) is 4.04. The fourth-order valence-electron chi connectivity index (χ4n) is 2.74. The molecule has 22 heavy (non-hydrogen) atoms. The number of likely N-dealkylation sites (tertiary alicyclic amines) is 1. The van der Waals surface area contributed by atoms with Crippen LogP contribution in [0.4, 0.5) is 5.82 Å². The van der Waals surface area contributed by atoms with E-state index in [-0.39, 0.29) is 0 Å². The number of aromatic nitrogens is 3. The average molecular weight is 318 g/mol. The Hall–Kier alpha value is -1.72. The Morgan fingerprint density at radius 1 is 1.32 bits per heavy atom. The minimum absolute atomic E-state index is 0.414. The van der Waals surface area contributed by atoms with E-state index in [0.717, 1.165) is 44.1 Å². The van der Waals surface area contributed by atoms with Gasteiger partial charge in [0.15, 0.2) is 0 Å². The van der Waals surface area contributed by atoms with Crippen molar-refractivity contribution in [3.63, 3.8) is 0 Å². The molecule has 1 N–H and O–H groups in total. The van der Waals surface area contributed by atoms with Crippen molar-refractivity contribution in [2.45, 2.75) is 32.4 Å². The molecular formula is C16H20ClN5. The standard InChI is InChI=1S/C16H20ClN5/c1-12-19-10-15(17)16(20-12)21-14-4-7-22(8-5-14)11-13-3-2-6-18-9-13/h2-3,6,9-10,14H,4-5,7-8,11H2,1H3,(H,19,20,21). The number of hydrogen-bond donors (Lipinski definition) is 1. The third-order valence-corrected chi connectivity index (χ3v) is 4.20. The van der Waals surface area contributed by atoms with Crippen LogP contribution < -0.4 is 5.32 Å². The molecule has 0 saturated carbocycles. The maximum atomic E-state index is 6.15. The van der Waals surface area contributed by atoms with Crippen molar-refractivity contribution < 1.29 is 0 Å². The summed E-state index contributed by atoms with van der Waals surface area (Å²) in [5.41, 5.74) is 1.27. The van der Waals surface area contributed by atoms with Crippen LogP contribution in [0.25, 0.3) is 0 Å². The first-order valence-electron chi connectivity index (χ1n) is 7.57. The normalized spacial score (nSPS) is 16.6. The molecule has 0 radical (unpaired) electrons. The Balaban J connectivity index is 1.52. The molecule has 2 aromatic heterocycles. The lowest BCUT2D eigenvalue weighted by atomic mass is 10.0. The predicted molar refractivity (Wildman–Crippen MR) is 87.9 cm³/mol. The second-order valence-corrected chi connectivity index (χ2v) is 6.08. The largest absolute Gasteiger partial charge is 0.366 e. The highest BCUT2D eigenvalue weighted by atomic mass is 35.5. The van der Waals surface area contributed by atoms with Gasteiger partial charge in [-0.25, -0.2) is 9.97 Å². The van der Waals surface area contributed by atoms with Crippen molar-refractivity contribution in [1.29, 1.82) is 0 Å². The van der Waals surface area contributed by atoms with Gasteiger partial charge in [0.2, 0.25) is 0 Å². The van der Waals surface area contributed by atoms with Gasteiger partial charge in [0.05, 0.1) is 6.20 Å². The van der Waals surface area contributed by atoms with Crippen molar-refractivity contribution in [1.82, 2.24) is 19.9 Å². The molecule has 0 aromatic carbocycles. The molecule has 0 bridgehead atoms. The van der Waals surface area contributed by atoms with Gasteiger partial charge in [-0.05, 0) is 31.4 Å². The Morgan fingerprint density at radius 2 is 2.14 bits per heavy atom. The van der Waals surface area contributed by atoms with E-state index in [1.807, 2.05) is 25.4 Å². The van der Waals surface area contributed by atoms with Gasteiger partial charge >= 0.3 is 0 Å². The number of halogens is 1. The summed E-state index contributed by atoms with van der Waals surface area (Å²) < 4.78 is 0. The summed E-state index contributed by atoms with van der Waals surface area (Å²) in [6, 6.07) is 4.53. The van der Waals surface area contributed by atoms with Crippen LogP contribution in [0.15, 0.2) is 30.7 Å². The molecule has 116 valence electrons. The van der Waals surface area contributed by atoms with Gasteiger partial charge in [0.25, 0.3) is 0 Å². The second kappa shape index (κ2) is 7.03. The number of nitrogens with zero attached hydrogens (tertiary/aromatic N) is 4. The van der Waals surface area contributed by atoms with E-state index in [1.165, 1.54) is 5.56 Å². The van der Waals surface area contributed by atoms with Crippen molar-refractivity contribution >= 4 is 17.4 Å². The van der Waals surface area contributed by atoms with Crippen LogP contribution in [-0.2, 0) is 6.54 Å². The summed E-state index contributed by atoms with van der Waals surface area (Å²) in [5.74, 6) is 1.49. The molecule has 1 aliphatic rings. The second-order valence-electron chi connectivity index (χ2n) is 5.67. The molecule has 0 unspecified atom stereocenters. The van der Waals surface area contributed by atoms with E-state index in [9.17, 15) is 0 Å². The molecular weight excluding hydrogens is 298 g/mol. The lowest BCUT2D eigenvalue weighted by Crippen LogP contribution is -2.38. The molecule has 5 nitrogen and oxygen atoms in total. The van der Waals surface area contributed by atoms with Crippen LogP contribution in [0.2, 0.25) is 5.02 Å². The first-order chi connectivity index (χ1) is 10.7. The summed E-state index contributed by atoms with van der Waals surface area (Å²) in [7, 11) is 0. The van der Waals surface area contributed by atoms with Crippen LogP contribution in [-0.4, -0.2) is 39.0 Å². The van der Waals surface area contributed by atoms with Crippen LogP contribution in [0.5, 0.6) is 0 Å². The third-order valence-electron chi connectivity index (χ3n) is 3.92. The first kappa shape index (κ1) is 15.2. The molecule has 0 atom stereocenters. The lowest BCUT2D eigenvalue weighted by Gasteiger charge is -2.32. The number of aryl methyl sites for hydroxylation is 1. The zero-order valence-electron chi connectivity index (χ0n) is 12.7. The quantitative estimate of drug-likeness (QED) is 0.939. The Kier molecular flexibility index (Phi) is 4.85. The molecule has 0 amide bonds. The summed E-state index contributed by atoms with van der Waals surface area (Å²) in [6.07, 6.45) is 7.57. The van der Waals surface area contributed by atoms with E-state index in [0.29, 0.717) is 11.1 Å². The van der Waals surface area contributed by atoms with Crippen LogP contribution in [0, 0.1) is 6.92 Å². The Bertz CT molecular complexity index is 611. The SMILES string of the molecule is Cc1ncc(Cl)c(NC2CCN(Cc3cccnc3)CC2)n1. The molecule has 0 spiro atoms. The highest BCUT2D eigenvalue weighted by Gasteiger charge is 2.20. The third kappa shape index (κ3) is 3.93. The maximum absolute atomic E-state index is 6.15. The van der Waals surface area contributed by atoms with Crippen molar-refractivity contribution in [3.05, 3.63) is 47.1 Å². The van der Waals surface area contributed by atoms with Gasteiger partial charge in [-0.15, -0.1) is 0 Å². The van der Waals surface area contributed by atoms with Crippen LogP contribution >= 0.6 is 11.6 Å². The lowest BCUT2D eigenvalue weighted by molar-refractivity contribution is 0.211. The smallest absolute Gasteiger partial charge is 0.148 e. The van der Waals surface area contributed by atoms with Crippen molar-refractivity contribution in [3.8, 4) is 0 Å². The van der Waals surface area contributed by atoms with Gasteiger partial charge in [-0.3, -0.25) is 9.88 Å². The van der Waals surface area contributed by atoms with Crippen LogP contribution in [0.3, 0.4) is 0 Å². The zero-order chi connectivity index (χ0) is 15.4. The predicted octanol–water partition coefficient (Wildman–Crippen LogP) is 2.91. The maximum Gasteiger partial charge on any atom is 0.148 e. The first-order valence-corrected chi connectivity index (χ1v) is 7.95. The topological polar surface area (TPSA) is 53.9 Å². The minimum atomic E-state index is 0.414. The van der Waals surface area contributed by atoms with Crippen molar-refractivity contribution in [2.75, 3.05) is 18.4 Å². The van der Waals surface area contributed by atoms with Crippen molar-refractivity contribution in [2.24, 2.45) is 0 Å². The average Bonchev–Trinajstić information content (AvgIpc) is 2.54. The molecule has 1 aliphatic heterocycles. The minimum Gasteiger partial charge on any atom is -0.366 e. The molecule has 2 aromatic rings. The van der Waals surface area contributed by atoms with Gasteiger partial charge in [-0.1, -0.05) is 17.7 Å². The van der Waals surface area contributed by atoms with E-state index >= 15 is 0 Å². The van der Waals surface area contributed by atoms with Gasteiger partial charge in [-0.2, -0.15) is 0 Å². The highest BCUT2D eigenvalue weighted by Crippen LogP contribution is 2.22. The number of anilines is 1. The Morgan fingerprint density at radius 3 is 2.86 bits per heavy atom. The van der Waals surface area contributed by atoms with E-state index in [4.69, 9.17) is 11.6 Å². The monoisotopic (exact) mass is 317 g/mol.